The van der Waals surface area contributed by atoms with Crippen LogP contribution in [0.4, 0.5) is 5.00 Å². The van der Waals surface area contributed by atoms with Gasteiger partial charge in [-0.2, -0.15) is 9.64 Å². The van der Waals surface area contributed by atoms with Crippen LogP contribution in [0.5, 0.6) is 0 Å². The quantitative estimate of drug-likeness (QED) is 0.907. The van der Waals surface area contributed by atoms with Crippen LogP contribution in [0.3, 0.4) is 0 Å². The van der Waals surface area contributed by atoms with Gasteiger partial charge in [-0.05, 0) is 51.2 Å². The van der Waals surface area contributed by atoms with Crippen LogP contribution in [0.1, 0.15) is 31.5 Å². The Bertz CT molecular complexity index is 446. The van der Waals surface area contributed by atoms with Crippen molar-refractivity contribution in [1.29, 1.82) is 5.26 Å². The zero-order valence-corrected chi connectivity index (χ0v) is 12.0. The lowest BCUT2D eigenvalue weighted by atomic mass is 10.1. The van der Waals surface area contributed by atoms with E-state index in [9.17, 15) is 0 Å². The molecule has 4 nitrogen and oxygen atoms in total. The summed E-state index contributed by atoms with van der Waals surface area (Å²) in [4.78, 5) is 2.51. The van der Waals surface area contributed by atoms with Gasteiger partial charge in [0.15, 0.2) is 0 Å². The van der Waals surface area contributed by atoms with Gasteiger partial charge in [-0.25, -0.2) is 0 Å². The summed E-state index contributed by atoms with van der Waals surface area (Å²) in [6.07, 6.45) is 1.24. The Kier molecular flexibility index (Phi) is 4.20. The number of hydrogen-bond acceptors (Lipinski definition) is 5. The van der Waals surface area contributed by atoms with Gasteiger partial charge in [0.2, 0.25) is 0 Å². The first-order valence-electron chi connectivity index (χ1n) is 6.46. The van der Waals surface area contributed by atoms with Crippen molar-refractivity contribution >= 4 is 16.5 Å². The van der Waals surface area contributed by atoms with E-state index in [1.165, 1.54) is 24.5 Å². The summed E-state index contributed by atoms with van der Waals surface area (Å²) in [5, 5.41) is 13.4. The molecular weight excluding hydrogens is 244 g/mol. The smallest absolute Gasteiger partial charge is 0.127 e. The highest BCUT2D eigenvalue weighted by Crippen LogP contribution is 2.25. The lowest BCUT2D eigenvalue weighted by Gasteiger charge is -2.20. The first-order chi connectivity index (χ1) is 8.61. The SMILES string of the molecule is Cc1nsc(NCC2CCN(C(C)C)C2)c1C#N. The molecule has 5 heteroatoms. The summed E-state index contributed by atoms with van der Waals surface area (Å²) in [7, 11) is 0. The van der Waals surface area contributed by atoms with Crippen LogP contribution in [0.25, 0.3) is 0 Å². The van der Waals surface area contributed by atoms with Crippen molar-refractivity contribution < 1.29 is 0 Å². The molecule has 18 heavy (non-hydrogen) atoms. The molecule has 1 aromatic heterocycles. The fourth-order valence-electron chi connectivity index (χ4n) is 2.36. The maximum atomic E-state index is 9.06. The molecule has 1 aliphatic rings. The van der Waals surface area contributed by atoms with Crippen molar-refractivity contribution in [2.45, 2.75) is 33.2 Å². The van der Waals surface area contributed by atoms with Crippen molar-refractivity contribution in [2.24, 2.45) is 5.92 Å². The van der Waals surface area contributed by atoms with E-state index >= 15 is 0 Å². The van der Waals surface area contributed by atoms with E-state index in [0.29, 0.717) is 17.5 Å². The van der Waals surface area contributed by atoms with Gasteiger partial charge in [0.25, 0.3) is 0 Å². The highest BCUT2D eigenvalue weighted by Gasteiger charge is 2.24. The Hall–Kier alpha value is -1.12. The standard InChI is InChI=1S/C13H20N4S/c1-9(2)17-5-4-11(8-17)7-15-13-12(6-14)10(3)16-18-13/h9,11,15H,4-5,7-8H2,1-3H3. The average molecular weight is 264 g/mol. The summed E-state index contributed by atoms with van der Waals surface area (Å²) in [6, 6.07) is 2.86. The number of anilines is 1. The van der Waals surface area contributed by atoms with Gasteiger partial charge < -0.3 is 10.2 Å². The van der Waals surface area contributed by atoms with Gasteiger partial charge in [0, 0.05) is 19.1 Å². The molecule has 2 heterocycles. The molecule has 0 bridgehead atoms. The van der Waals surface area contributed by atoms with Crippen LogP contribution in [-0.2, 0) is 0 Å². The van der Waals surface area contributed by atoms with Crippen LogP contribution in [0.2, 0.25) is 0 Å². The molecule has 1 saturated heterocycles. The molecule has 1 fully saturated rings. The summed E-state index contributed by atoms with van der Waals surface area (Å²) in [5.41, 5.74) is 1.54. The second-order valence-electron chi connectivity index (χ2n) is 5.21. The number of aryl methyl sites for hydroxylation is 1. The highest BCUT2D eigenvalue weighted by atomic mass is 32.1. The zero-order valence-electron chi connectivity index (χ0n) is 11.2. The van der Waals surface area contributed by atoms with Gasteiger partial charge in [-0.3, -0.25) is 0 Å². The topological polar surface area (TPSA) is 52.0 Å². The molecule has 0 radical (unpaired) electrons. The molecular formula is C13H20N4S. The van der Waals surface area contributed by atoms with E-state index in [2.05, 4.69) is 34.5 Å². The summed E-state index contributed by atoms with van der Waals surface area (Å²) >= 11 is 1.39. The van der Waals surface area contributed by atoms with Crippen LogP contribution in [0, 0.1) is 24.2 Å². The summed E-state index contributed by atoms with van der Waals surface area (Å²) < 4.78 is 4.22. The molecule has 0 saturated carbocycles. The van der Waals surface area contributed by atoms with E-state index in [1.807, 2.05) is 6.92 Å². The molecule has 0 amide bonds. The lowest BCUT2D eigenvalue weighted by Crippen LogP contribution is -2.29. The Morgan fingerprint density at radius 2 is 2.39 bits per heavy atom. The maximum absolute atomic E-state index is 9.06. The molecule has 98 valence electrons. The lowest BCUT2D eigenvalue weighted by molar-refractivity contribution is 0.266. The van der Waals surface area contributed by atoms with Crippen molar-refractivity contribution in [3.8, 4) is 6.07 Å². The van der Waals surface area contributed by atoms with Gasteiger partial charge in [-0.1, -0.05) is 0 Å². The van der Waals surface area contributed by atoms with Gasteiger partial charge in [-0.15, -0.1) is 0 Å². The largest absolute Gasteiger partial charge is 0.374 e. The van der Waals surface area contributed by atoms with Crippen LogP contribution < -0.4 is 5.32 Å². The number of rotatable bonds is 4. The van der Waals surface area contributed by atoms with Gasteiger partial charge in [0.1, 0.15) is 16.6 Å². The number of nitrogens with zero attached hydrogens (tertiary/aromatic N) is 3. The van der Waals surface area contributed by atoms with Crippen molar-refractivity contribution in [3.05, 3.63) is 11.3 Å². The predicted molar refractivity (Wildman–Crippen MR) is 74.9 cm³/mol. The Balaban J connectivity index is 1.88. The predicted octanol–water partition coefficient (Wildman–Crippen LogP) is 2.47. The average Bonchev–Trinajstić information content (AvgIpc) is 2.93. The molecule has 0 aromatic carbocycles. The van der Waals surface area contributed by atoms with Crippen LogP contribution in [0.15, 0.2) is 0 Å². The summed E-state index contributed by atoms with van der Waals surface area (Å²) in [6.45, 7) is 9.67. The van der Waals surface area contributed by atoms with Crippen molar-refractivity contribution in [1.82, 2.24) is 9.27 Å². The fraction of sp³-hybridized carbons (Fsp3) is 0.692. The van der Waals surface area contributed by atoms with E-state index in [4.69, 9.17) is 5.26 Å². The molecule has 1 N–H and O–H groups in total. The minimum atomic E-state index is 0.635. The van der Waals surface area contributed by atoms with Crippen molar-refractivity contribution in [3.63, 3.8) is 0 Å². The van der Waals surface area contributed by atoms with E-state index in [1.54, 1.807) is 0 Å². The normalized spacial score (nSPS) is 20.3. The highest BCUT2D eigenvalue weighted by molar-refractivity contribution is 7.10. The van der Waals surface area contributed by atoms with Crippen LogP contribution >= 0.6 is 11.5 Å². The Morgan fingerprint density at radius 1 is 1.61 bits per heavy atom. The van der Waals surface area contributed by atoms with Crippen molar-refractivity contribution in [2.75, 3.05) is 25.0 Å². The minimum absolute atomic E-state index is 0.635. The zero-order chi connectivity index (χ0) is 13.1. The first-order valence-corrected chi connectivity index (χ1v) is 7.23. The molecule has 0 spiro atoms. The van der Waals surface area contributed by atoms with E-state index in [0.717, 1.165) is 23.8 Å². The number of nitrogens with one attached hydrogen (secondary N) is 1. The molecule has 1 unspecified atom stereocenters. The third-order valence-corrected chi connectivity index (χ3v) is 4.47. The third-order valence-electron chi connectivity index (χ3n) is 3.57. The third kappa shape index (κ3) is 2.82. The van der Waals surface area contributed by atoms with E-state index in [-0.39, 0.29) is 0 Å². The van der Waals surface area contributed by atoms with Gasteiger partial charge >= 0.3 is 0 Å². The Labute approximate surface area is 113 Å². The number of hydrogen-bond donors (Lipinski definition) is 1. The molecule has 2 rings (SSSR count). The molecule has 1 atom stereocenters. The number of likely N-dealkylation sites (tertiary alicyclic amines) is 1. The van der Waals surface area contributed by atoms with Gasteiger partial charge in [0.05, 0.1) is 5.69 Å². The number of nitriles is 1. The molecule has 0 aliphatic carbocycles. The summed E-state index contributed by atoms with van der Waals surface area (Å²) in [5.74, 6) is 0.682. The molecule has 1 aliphatic heterocycles. The molecule has 1 aromatic rings. The first kappa shape index (κ1) is 13.3. The van der Waals surface area contributed by atoms with E-state index < -0.39 is 0 Å². The maximum Gasteiger partial charge on any atom is 0.127 e. The minimum Gasteiger partial charge on any atom is -0.374 e. The Morgan fingerprint density at radius 3 is 3.00 bits per heavy atom. The second kappa shape index (κ2) is 5.68. The second-order valence-corrected chi connectivity index (χ2v) is 5.98. The fourth-order valence-corrected chi connectivity index (χ4v) is 3.11. The van der Waals surface area contributed by atoms with Crippen LogP contribution in [-0.4, -0.2) is 34.9 Å². The number of aromatic nitrogens is 1. The monoisotopic (exact) mass is 264 g/mol.